The minimum atomic E-state index is -1.32. The average molecular weight is 128 g/mol. The van der Waals surface area contributed by atoms with Crippen LogP contribution in [0.15, 0.2) is 10.8 Å². The van der Waals surface area contributed by atoms with Gasteiger partial charge in [-0.05, 0) is 5.16 Å². The van der Waals surface area contributed by atoms with Crippen molar-refractivity contribution in [3.05, 3.63) is 11.8 Å². The summed E-state index contributed by atoms with van der Waals surface area (Å²) >= 11 is 0. The summed E-state index contributed by atoms with van der Waals surface area (Å²) < 4.78 is 4.06. The van der Waals surface area contributed by atoms with E-state index in [2.05, 4.69) is 9.68 Å². The monoisotopic (exact) mass is 128 g/mol. The zero-order valence-electron chi connectivity index (χ0n) is 4.20. The number of carboxylic acid groups (broad SMARTS) is 1. The Hall–Kier alpha value is -1.52. The number of rotatable bonds is 1. The van der Waals surface area contributed by atoms with Gasteiger partial charge in [0, 0.05) is 0 Å². The summed E-state index contributed by atoms with van der Waals surface area (Å²) in [5, 5.41) is 21.3. The van der Waals surface area contributed by atoms with Crippen molar-refractivity contribution in [1.82, 2.24) is 5.16 Å². The minimum Gasteiger partial charge on any atom is -0.477 e. The van der Waals surface area contributed by atoms with E-state index in [0.717, 1.165) is 6.26 Å². The Balaban J connectivity index is 3.08. The van der Waals surface area contributed by atoms with Crippen LogP contribution in [0.25, 0.3) is 0 Å². The number of carboxylic acids is 1. The smallest absolute Gasteiger partial charge is 0.344 e. The highest BCUT2D eigenvalue weighted by molar-refractivity contribution is 5.89. The lowest BCUT2D eigenvalue weighted by molar-refractivity contribution is 0.0691. The predicted molar refractivity (Wildman–Crippen MR) is 23.6 cm³/mol. The quantitative estimate of drug-likeness (QED) is 0.597. The maximum absolute atomic E-state index is 10.3. The lowest BCUT2D eigenvalue weighted by Crippen LogP contribution is -1.92. The molecular formula is C4H2NO4. The van der Waals surface area contributed by atoms with E-state index in [1.165, 1.54) is 0 Å². The van der Waals surface area contributed by atoms with Gasteiger partial charge in [0.1, 0.15) is 6.26 Å². The van der Waals surface area contributed by atoms with Crippen LogP contribution < -0.4 is 0 Å². The van der Waals surface area contributed by atoms with Crippen molar-refractivity contribution in [3.8, 4) is 5.88 Å². The van der Waals surface area contributed by atoms with Crippen molar-refractivity contribution >= 4 is 5.97 Å². The largest absolute Gasteiger partial charge is 0.477 e. The van der Waals surface area contributed by atoms with Gasteiger partial charge in [-0.2, -0.15) is 0 Å². The maximum Gasteiger partial charge on any atom is 0.344 e. The Morgan fingerprint density at radius 2 is 2.44 bits per heavy atom. The number of hydrogen-bond acceptors (Lipinski definition) is 3. The normalized spacial score (nSPS) is 9.33. The molecule has 0 saturated carbocycles. The molecule has 1 aromatic rings. The second kappa shape index (κ2) is 1.77. The summed E-state index contributed by atoms with van der Waals surface area (Å²) in [6.45, 7) is 0. The van der Waals surface area contributed by atoms with Gasteiger partial charge in [0.15, 0.2) is 5.56 Å². The maximum atomic E-state index is 10.3. The Labute approximate surface area is 49.5 Å². The van der Waals surface area contributed by atoms with E-state index in [9.17, 15) is 9.90 Å². The molecule has 0 amide bonds. The fourth-order valence-electron chi connectivity index (χ4n) is 0.368. The molecule has 1 radical (unpaired) electrons. The Bertz CT molecular complexity index is 228. The van der Waals surface area contributed by atoms with Crippen LogP contribution in [0.1, 0.15) is 10.4 Å². The van der Waals surface area contributed by atoms with Crippen LogP contribution in [0.3, 0.4) is 0 Å². The minimum absolute atomic E-state index is 0.435. The summed E-state index contributed by atoms with van der Waals surface area (Å²) in [5.74, 6) is -2.16. The SMILES string of the molecule is [O]c1nocc1C(=O)O. The van der Waals surface area contributed by atoms with Gasteiger partial charge in [0.05, 0.1) is 0 Å². The number of carbonyl (C=O) groups is 1. The van der Waals surface area contributed by atoms with Crippen LogP contribution in [-0.2, 0) is 5.11 Å². The number of aromatic carboxylic acids is 1. The molecule has 1 N–H and O–H groups in total. The van der Waals surface area contributed by atoms with E-state index in [1.807, 2.05) is 0 Å². The first-order chi connectivity index (χ1) is 4.22. The highest BCUT2D eigenvalue weighted by Gasteiger charge is 2.14. The molecule has 1 rings (SSSR count). The van der Waals surface area contributed by atoms with Crippen LogP contribution in [0.4, 0.5) is 0 Å². The summed E-state index contributed by atoms with van der Waals surface area (Å²) in [4.78, 5) is 9.98. The molecule has 47 valence electrons. The third kappa shape index (κ3) is 0.835. The average Bonchev–Trinajstić information content (AvgIpc) is 2.13. The van der Waals surface area contributed by atoms with Crippen molar-refractivity contribution in [2.24, 2.45) is 0 Å². The standard InChI is InChI=1S/C4H2NO4/c6-3-2(4(7)8)1-9-5-3/h1H,(H,7,8). The molecule has 0 bridgehead atoms. The van der Waals surface area contributed by atoms with Crippen molar-refractivity contribution in [2.75, 3.05) is 0 Å². The molecule has 0 atom stereocenters. The van der Waals surface area contributed by atoms with E-state index in [0.29, 0.717) is 0 Å². The molecule has 0 aromatic carbocycles. The lowest BCUT2D eigenvalue weighted by Gasteiger charge is -1.78. The summed E-state index contributed by atoms with van der Waals surface area (Å²) in [7, 11) is 0. The molecule has 0 saturated heterocycles. The molecule has 0 aliphatic heterocycles. The molecule has 5 heteroatoms. The first kappa shape index (κ1) is 5.61. The second-order valence-corrected chi connectivity index (χ2v) is 1.34. The van der Waals surface area contributed by atoms with Gasteiger partial charge in [-0.25, -0.2) is 4.79 Å². The van der Waals surface area contributed by atoms with Crippen molar-refractivity contribution in [1.29, 1.82) is 0 Å². The number of nitrogens with zero attached hydrogens (tertiary/aromatic N) is 1. The fraction of sp³-hybridized carbons (Fsp3) is 0. The van der Waals surface area contributed by atoms with Gasteiger partial charge < -0.3 is 9.63 Å². The van der Waals surface area contributed by atoms with Gasteiger partial charge in [-0.15, -0.1) is 0 Å². The van der Waals surface area contributed by atoms with Crippen molar-refractivity contribution < 1.29 is 19.5 Å². The Morgan fingerprint density at radius 1 is 1.78 bits per heavy atom. The first-order valence-corrected chi connectivity index (χ1v) is 2.06. The lowest BCUT2D eigenvalue weighted by atomic mass is 10.4. The number of aromatic nitrogens is 1. The third-order valence-electron chi connectivity index (χ3n) is 0.767. The fourth-order valence-corrected chi connectivity index (χ4v) is 0.368. The Morgan fingerprint density at radius 3 is 2.67 bits per heavy atom. The van der Waals surface area contributed by atoms with E-state index >= 15 is 0 Å². The van der Waals surface area contributed by atoms with Gasteiger partial charge in [0.2, 0.25) is 0 Å². The third-order valence-corrected chi connectivity index (χ3v) is 0.767. The molecule has 0 aliphatic rings. The van der Waals surface area contributed by atoms with Crippen LogP contribution >= 0.6 is 0 Å². The van der Waals surface area contributed by atoms with Gasteiger partial charge in [-0.3, -0.25) is 5.11 Å². The molecule has 1 heterocycles. The van der Waals surface area contributed by atoms with E-state index < -0.39 is 17.4 Å². The Kier molecular flexibility index (Phi) is 1.11. The van der Waals surface area contributed by atoms with Gasteiger partial charge in [-0.1, -0.05) is 0 Å². The highest BCUT2D eigenvalue weighted by Crippen LogP contribution is 2.12. The molecule has 0 spiro atoms. The molecule has 1 aromatic heterocycles. The van der Waals surface area contributed by atoms with Gasteiger partial charge >= 0.3 is 11.8 Å². The molecule has 0 fully saturated rings. The topological polar surface area (TPSA) is 83.2 Å². The molecule has 9 heavy (non-hydrogen) atoms. The molecule has 0 unspecified atom stereocenters. The second-order valence-electron chi connectivity index (χ2n) is 1.34. The summed E-state index contributed by atoms with van der Waals surface area (Å²) in [6, 6.07) is 0. The molecule has 0 aliphatic carbocycles. The van der Waals surface area contributed by atoms with Gasteiger partial charge in [0.25, 0.3) is 0 Å². The first-order valence-electron chi connectivity index (χ1n) is 2.06. The number of hydrogen-bond donors (Lipinski definition) is 1. The highest BCUT2D eigenvalue weighted by atomic mass is 16.5. The molecular weight excluding hydrogens is 126 g/mol. The van der Waals surface area contributed by atoms with Crippen LogP contribution in [0.5, 0.6) is 5.88 Å². The zero-order chi connectivity index (χ0) is 6.85. The van der Waals surface area contributed by atoms with E-state index in [-0.39, 0.29) is 0 Å². The van der Waals surface area contributed by atoms with E-state index in [4.69, 9.17) is 5.11 Å². The summed E-state index contributed by atoms with van der Waals surface area (Å²) in [6.07, 6.45) is 0.796. The van der Waals surface area contributed by atoms with Crippen LogP contribution in [0.2, 0.25) is 0 Å². The summed E-state index contributed by atoms with van der Waals surface area (Å²) in [5.41, 5.74) is -0.435. The molecule has 5 nitrogen and oxygen atoms in total. The van der Waals surface area contributed by atoms with Crippen LogP contribution in [0, 0.1) is 0 Å². The van der Waals surface area contributed by atoms with Crippen LogP contribution in [-0.4, -0.2) is 16.2 Å². The van der Waals surface area contributed by atoms with E-state index in [1.54, 1.807) is 0 Å². The van der Waals surface area contributed by atoms with Crippen molar-refractivity contribution in [2.45, 2.75) is 0 Å². The predicted octanol–water partition coefficient (Wildman–Crippen LogP) is 0.517. The van der Waals surface area contributed by atoms with Crippen molar-refractivity contribution in [3.63, 3.8) is 0 Å². The zero-order valence-corrected chi connectivity index (χ0v) is 4.20.